The van der Waals surface area contributed by atoms with Crippen LogP contribution < -0.4 is 9.64 Å². The lowest BCUT2D eigenvalue weighted by atomic mass is 10.2. The zero-order chi connectivity index (χ0) is 11.7. The van der Waals surface area contributed by atoms with Gasteiger partial charge in [-0.3, -0.25) is 9.59 Å². The minimum atomic E-state index is -0.158. The number of nitrogens with zero attached hydrogens (tertiary/aromatic N) is 1. The van der Waals surface area contributed by atoms with E-state index in [1.54, 1.807) is 12.1 Å². The Labute approximate surface area is 93.8 Å². The number of imide groups is 1. The van der Waals surface area contributed by atoms with E-state index in [2.05, 4.69) is 0 Å². The van der Waals surface area contributed by atoms with Crippen LogP contribution in [0.2, 0.25) is 0 Å². The second-order valence-electron chi connectivity index (χ2n) is 3.80. The molecule has 1 heterocycles. The van der Waals surface area contributed by atoms with Crippen molar-refractivity contribution in [3.8, 4) is 5.75 Å². The van der Waals surface area contributed by atoms with Gasteiger partial charge >= 0.3 is 0 Å². The van der Waals surface area contributed by atoms with Crippen molar-refractivity contribution in [1.29, 1.82) is 0 Å². The standard InChI is InChI=1S/C12H13NO3/c1-8-3-4-10(16-2)9(7-8)13-11(14)5-6-12(13)15/h3-4,7H,5-6H2,1-2H3. The molecule has 0 unspecified atom stereocenters. The first-order valence-corrected chi connectivity index (χ1v) is 5.14. The van der Waals surface area contributed by atoms with Crippen molar-refractivity contribution in [3.05, 3.63) is 23.8 Å². The summed E-state index contributed by atoms with van der Waals surface area (Å²) in [6.45, 7) is 1.91. The quantitative estimate of drug-likeness (QED) is 0.710. The number of hydrogen-bond donors (Lipinski definition) is 0. The van der Waals surface area contributed by atoms with Gasteiger partial charge in [0.15, 0.2) is 0 Å². The molecule has 0 saturated carbocycles. The van der Waals surface area contributed by atoms with E-state index < -0.39 is 0 Å². The third kappa shape index (κ3) is 1.66. The Morgan fingerprint density at radius 3 is 2.38 bits per heavy atom. The van der Waals surface area contributed by atoms with E-state index in [1.807, 2.05) is 13.0 Å². The van der Waals surface area contributed by atoms with E-state index in [0.29, 0.717) is 11.4 Å². The molecule has 4 heteroatoms. The molecule has 1 aliphatic heterocycles. The van der Waals surface area contributed by atoms with Crippen LogP contribution in [0, 0.1) is 6.92 Å². The van der Waals surface area contributed by atoms with E-state index in [-0.39, 0.29) is 24.7 Å². The molecule has 0 bridgehead atoms. The highest BCUT2D eigenvalue weighted by Gasteiger charge is 2.32. The number of amides is 2. The third-order valence-corrected chi connectivity index (χ3v) is 2.63. The highest BCUT2D eigenvalue weighted by atomic mass is 16.5. The van der Waals surface area contributed by atoms with Crippen molar-refractivity contribution in [2.45, 2.75) is 19.8 Å². The van der Waals surface area contributed by atoms with Gasteiger partial charge in [-0.15, -0.1) is 0 Å². The van der Waals surface area contributed by atoms with Gasteiger partial charge in [-0.2, -0.15) is 0 Å². The van der Waals surface area contributed by atoms with Crippen LogP contribution in [-0.2, 0) is 9.59 Å². The van der Waals surface area contributed by atoms with Crippen molar-refractivity contribution in [2.24, 2.45) is 0 Å². The Kier molecular flexibility index (Phi) is 2.64. The summed E-state index contributed by atoms with van der Waals surface area (Å²) in [5, 5.41) is 0. The number of ether oxygens (including phenoxy) is 1. The second kappa shape index (κ2) is 3.96. The summed E-state index contributed by atoms with van der Waals surface area (Å²) in [6.07, 6.45) is 0.575. The number of anilines is 1. The maximum absolute atomic E-state index is 11.6. The van der Waals surface area contributed by atoms with Crippen LogP contribution in [0.15, 0.2) is 18.2 Å². The van der Waals surface area contributed by atoms with Gasteiger partial charge in [0.2, 0.25) is 11.8 Å². The summed E-state index contributed by atoms with van der Waals surface area (Å²) in [7, 11) is 1.53. The average Bonchev–Trinajstić information content (AvgIpc) is 2.58. The van der Waals surface area contributed by atoms with Gasteiger partial charge in [-0.05, 0) is 24.6 Å². The van der Waals surface area contributed by atoms with Gasteiger partial charge in [0, 0.05) is 12.8 Å². The molecular formula is C12H13NO3. The van der Waals surface area contributed by atoms with Crippen molar-refractivity contribution >= 4 is 17.5 Å². The lowest BCUT2D eigenvalue weighted by molar-refractivity contribution is -0.121. The molecule has 2 rings (SSSR count). The lowest BCUT2D eigenvalue weighted by Crippen LogP contribution is -2.29. The normalized spacial score (nSPS) is 15.8. The molecular weight excluding hydrogens is 206 g/mol. The minimum absolute atomic E-state index is 0.158. The SMILES string of the molecule is COc1ccc(C)cc1N1C(=O)CCC1=O. The molecule has 1 saturated heterocycles. The first-order chi connectivity index (χ1) is 7.63. The van der Waals surface area contributed by atoms with E-state index >= 15 is 0 Å². The van der Waals surface area contributed by atoms with Gasteiger partial charge in [0.25, 0.3) is 0 Å². The maximum atomic E-state index is 11.6. The Morgan fingerprint density at radius 2 is 1.81 bits per heavy atom. The summed E-state index contributed by atoms with van der Waals surface area (Å²) < 4.78 is 5.16. The first-order valence-electron chi connectivity index (χ1n) is 5.14. The molecule has 0 radical (unpaired) electrons. The molecule has 1 fully saturated rings. The number of rotatable bonds is 2. The van der Waals surface area contributed by atoms with Gasteiger partial charge in [0.05, 0.1) is 12.8 Å². The minimum Gasteiger partial charge on any atom is -0.495 e. The molecule has 0 aromatic heterocycles. The second-order valence-corrected chi connectivity index (χ2v) is 3.80. The van der Waals surface area contributed by atoms with Crippen molar-refractivity contribution < 1.29 is 14.3 Å². The van der Waals surface area contributed by atoms with Crippen LogP contribution in [0.1, 0.15) is 18.4 Å². The molecule has 1 aromatic carbocycles. The van der Waals surface area contributed by atoms with Crippen molar-refractivity contribution in [1.82, 2.24) is 0 Å². The zero-order valence-electron chi connectivity index (χ0n) is 9.32. The fraction of sp³-hybridized carbons (Fsp3) is 0.333. The smallest absolute Gasteiger partial charge is 0.234 e. The van der Waals surface area contributed by atoms with Crippen molar-refractivity contribution in [3.63, 3.8) is 0 Å². The van der Waals surface area contributed by atoms with Crippen LogP contribution in [-0.4, -0.2) is 18.9 Å². The predicted octanol–water partition coefficient (Wildman–Crippen LogP) is 1.66. The number of hydrogen-bond acceptors (Lipinski definition) is 3. The molecule has 0 aliphatic carbocycles. The van der Waals surface area contributed by atoms with Gasteiger partial charge < -0.3 is 4.74 Å². The zero-order valence-corrected chi connectivity index (χ0v) is 9.32. The number of carbonyl (C=O) groups excluding carboxylic acids is 2. The fourth-order valence-electron chi connectivity index (χ4n) is 1.82. The van der Waals surface area contributed by atoms with E-state index in [9.17, 15) is 9.59 Å². The summed E-state index contributed by atoms with van der Waals surface area (Å²) in [5.41, 5.74) is 1.54. The molecule has 4 nitrogen and oxygen atoms in total. The molecule has 84 valence electrons. The number of benzene rings is 1. The van der Waals surface area contributed by atoms with Crippen LogP contribution in [0.4, 0.5) is 5.69 Å². The predicted molar refractivity (Wildman–Crippen MR) is 59.5 cm³/mol. The summed E-state index contributed by atoms with van der Waals surface area (Å²) >= 11 is 0. The number of carbonyl (C=O) groups is 2. The van der Waals surface area contributed by atoms with E-state index in [0.717, 1.165) is 5.56 Å². The average molecular weight is 219 g/mol. The summed E-state index contributed by atoms with van der Waals surface area (Å²) in [6, 6.07) is 5.44. The molecule has 1 aromatic rings. The Bertz CT molecular complexity index is 438. The Balaban J connectivity index is 2.49. The highest BCUT2D eigenvalue weighted by molar-refractivity contribution is 6.20. The van der Waals surface area contributed by atoms with Crippen LogP contribution in [0.25, 0.3) is 0 Å². The van der Waals surface area contributed by atoms with Gasteiger partial charge in [0.1, 0.15) is 5.75 Å². The summed E-state index contributed by atoms with van der Waals surface area (Å²) in [5.74, 6) is 0.233. The van der Waals surface area contributed by atoms with Gasteiger partial charge in [-0.25, -0.2) is 4.90 Å². The third-order valence-electron chi connectivity index (χ3n) is 2.63. The van der Waals surface area contributed by atoms with Crippen LogP contribution >= 0.6 is 0 Å². The van der Waals surface area contributed by atoms with Crippen molar-refractivity contribution in [2.75, 3.05) is 12.0 Å². The maximum Gasteiger partial charge on any atom is 0.234 e. The fourth-order valence-corrected chi connectivity index (χ4v) is 1.82. The summed E-state index contributed by atoms with van der Waals surface area (Å²) in [4.78, 5) is 24.4. The molecule has 0 spiro atoms. The van der Waals surface area contributed by atoms with Crippen LogP contribution in [0.5, 0.6) is 5.75 Å². The molecule has 2 amide bonds. The molecule has 0 N–H and O–H groups in total. The largest absolute Gasteiger partial charge is 0.495 e. The Morgan fingerprint density at radius 1 is 1.19 bits per heavy atom. The van der Waals surface area contributed by atoms with Gasteiger partial charge in [-0.1, -0.05) is 6.07 Å². The number of methoxy groups -OCH3 is 1. The van der Waals surface area contributed by atoms with Crippen LogP contribution in [0.3, 0.4) is 0 Å². The molecule has 16 heavy (non-hydrogen) atoms. The monoisotopic (exact) mass is 219 g/mol. The first kappa shape index (κ1) is 10.7. The van der Waals surface area contributed by atoms with E-state index in [1.165, 1.54) is 12.0 Å². The highest BCUT2D eigenvalue weighted by Crippen LogP contribution is 2.32. The Hall–Kier alpha value is -1.84. The number of aryl methyl sites for hydroxylation is 1. The molecule has 1 aliphatic rings. The lowest BCUT2D eigenvalue weighted by Gasteiger charge is -2.17. The topological polar surface area (TPSA) is 46.6 Å². The van der Waals surface area contributed by atoms with E-state index in [4.69, 9.17) is 4.74 Å². The molecule has 0 atom stereocenters.